The van der Waals surface area contributed by atoms with Gasteiger partial charge >= 0.3 is 0 Å². The number of hydrogen-bond donors (Lipinski definition) is 0. The zero-order chi connectivity index (χ0) is 17.7. The third-order valence-electron chi connectivity index (χ3n) is 4.62. The van der Waals surface area contributed by atoms with Crippen LogP contribution in [0.5, 0.6) is 0 Å². The van der Waals surface area contributed by atoms with E-state index in [1.54, 1.807) is 0 Å². The van der Waals surface area contributed by atoms with Gasteiger partial charge in [0.1, 0.15) is 17.4 Å². The Balaban J connectivity index is 1.75. The second-order valence-corrected chi connectivity index (χ2v) is 6.24. The van der Waals surface area contributed by atoms with Crippen molar-refractivity contribution in [2.75, 3.05) is 4.90 Å². The fraction of sp³-hybridized carbons (Fsp3) is 0.211. The van der Waals surface area contributed by atoms with Gasteiger partial charge in [-0.3, -0.25) is 9.59 Å². The second-order valence-electron chi connectivity index (χ2n) is 6.24. The van der Waals surface area contributed by atoms with E-state index in [1.165, 1.54) is 29.2 Å². The summed E-state index contributed by atoms with van der Waals surface area (Å²) in [6, 6.07) is 11.2. The first kappa shape index (κ1) is 15.5. The molecule has 1 fully saturated rings. The van der Waals surface area contributed by atoms with Crippen LogP contribution in [0.15, 0.2) is 47.6 Å². The normalized spacial score (nSPS) is 22.0. The monoisotopic (exact) mass is 338 g/mol. The molecule has 0 bridgehead atoms. The molecule has 25 heavy (non-hydrogen) atoms. The molecule has 2 aliphatic heterocycles. The van der Waals surface area contributed by atoms with Crippen molar-refractivity contribution in [2.45, 2.75) is 20.0 Å². The number of nitrogens with zero attached hydrogens (tertiary/aromatic N) is 2. The first-order valence-corrected chi connectivity index (χ1v) is 7.92. The van der Waals surface area contributed by atoms with Crippen LogP contribution in [0.2, 0.25) is 0 Å². The van der Waals surface area contributed by atoms with E-state index in [1.807, 2.05) is 32.0 Å². The molecular weight excluding hydrogens is 323 g/mol. The summed E-state index contributed by atoms with van der Waals surface area (Å²) in [6.45, 7) is 3.71. The van der Waals surface area contributed by atoms with E-state index in [0.29, 0.717) is 17.0 Å². The van der Waals surface area contributed by atoms with E-state index in [0.717, 1.165) is 11.1 Å². The summed E-state index contributed by atoms with van der Waals surface area (Å²) in [5, 5.41) is 3.92. The van der Waals surface area contributed by atoms with Gasteiger partial charge in [-0.05, 0) is 37.1 Å². The number of anilines is 1. The highest BCUT2D eigenvalue weighted by molar-refractivity contribution is 6.32. The van der Waals surface area contributed by atoms with E-state index in [2.05, 4.69) is 5.16 Å². The minimum absolute atomic E-state index is 0.358. The number of oxime groups is 1. The van der Waals surface area contributed by atoms with Crippen molar-refractivity contribution in [3.05, 3.63) is 65.0 Å². The Morgan fingerprint density at radius 1 is 1.00 bits per heavy atom. The molecule has 2 aromatic carbocycles. The van der Waals surface area contributed by atoms with Crippen LogP contribution in [0, 0.1) is 25.6 Å². The number of halogens is 1. The molecule has 0 aromatic heterocycles. The maximum absolute atomic E-state index is 13.2. The summed E-state index contributed by atoms with van der Waals surface area (Å²) >= 11 is 0. The lowest BCUT2D eigenvalue weighted by Crippen LogP contribution is -2.34. The minimum atomic E-state index is -0.966. The molecule has 6 heteroatoms. The maximum atomic E-state index is 13.2. The van der Waals surface area contributed by atoms with E-state index in [9.17, 15) is 14.0 Å². The number of benzene rings is 2. The van der Waals surface area contributed by atoms with Gasteiger partial charge < -0.3 is 4.84 Å². The van der Waals surface area contributed by atoms with Crippen LogP contribution >= 0.6 is 0 Å². The van der Waals surface area contributed by atoms with E-state index in [-0.39, 0.29) is 11.7 Å². The Morgan fingerprint density at radius 3 is 2.28 bits per heavy atom. The largest absolute Gasteiger partial charge is 0.381 e. The molecule has 0 aliphatic carbocycles. The zero-order valence-corrected chi connectivity index (χ0v) is 13.7. The van der Waals surface area contributed by atoms with Gasteiger partial charge in [0.15, 0.2) is 0 Å². The van der Waals surface area contributed by atoms with Crippen molar-refractivity contribution in [1.82, 2.24) is 0 Å². The summed E-state index contributed by atoms with van der Waals surface area (Å²) in [5.74, 6) is -1.98. The average molecular weight is 338 g/mol. The number of amides is 2. The number of carbonyl (C=O) groups is 2. The molecule has 2 unspecified atom stereocenters. The molecule has 1 saturated heterocycles. The first-order valence-electron chi connectivity index (χ1n) is 7.92. The second kappa shape index (κ2) is 5.51. The molecular formula is C19H15FN2O3. The molecule has 0 N–H and O–H groups in total. The van der Waals surface area contributed by atoms with Crippen molar-refractivity contribution in [3.8, 4) is 0 Å². The summed E-state index contributed by atoms with van der Waals surface area (Å²) in [7, 11) is 0. The topological polar surface area (TPSA) is 59.0 Å². The number of aryl methyl sites for hydroxylation is 2. The summed E-state index contributed by atoms with van der Waals surface area (Å²) in [4.78, 5) is 32.3. The molecule has 0 radical (unpaired) electrons. The van der Waals surface area contributed by atoms with Crippen LogP contribution < -0.4 is 4.90 Å². The summed E-state index contributed by atoms with van der Waals surface area (Å²) in [5.41, 5.74) is 3.19. The Morgan fingerprint density at radius 2 is 1.64 bits per heavy atom. The Bertz CT molecular complexity index is 901. The number of imide groups is 1. The zero-order valence-electron chi connectivity index (χ0n) is 13.7. The van der Waals surface area contributed by atoms with Gasteiger partial charge in [-0.15, -0.1) is 0 Å². The van der Waals surface area contributed by atoms with Crippen molar-refractivity contribution in [2.24, 2.45) is 11.1 Å². The van der Waals surface area contributed by atoms with Gasteiger partial charge in [-0.25, -0.2) is 9.29 Å². The molecule has 2 aliphatic rings. The van der Waals surface area contributed by atoms with Gasteiger partial charge in [0, 0.05) is 5.56 Å². The predicted octanol–water partition coefficient (Wildman–Crippen LogP) is 2.74. The van der Waals surface area contributed by atoms with Crippen LogP contribution in [0.3, 0.4) is 0 Å². The smallest absolute Gasteiger partial charge is 0.278 e. The standard InChI is InChI=1S/C19H15FN2O3/c1-10-4-3-5-11(2)16(10)22-18(23)14-15(21-25-17(14)19(22)24)12-6-8-13(20)9-7-12/h3-9,14,17H,1-2H3. The quantitative estimate of drug-likeness (QED) is 0.791. The van der Waals surface area contributed by atoms with Crippen LogP contribution in [0.4, 0.5) is 10.1 Å². The molecule has 126 valence electrons. The van der Waals surface area contributed by atoms with Crippen LogP contribution in [0.1, 0.15) is 16.7 Å². The number of rotatable bonds is 2. The summed E-state index contributed by atoms with van der Waals surface area (Å²) < 4.78 is 13.2. The maximum Gasteiger partial charge on any atom is 0.278 e. The molecule has 5 nitrogen and oxygen atoms in total. The Kier molecular flexibility index (Phi) is 3.42. The van der Waals surface area contributed by atoms with Gasteiger partial charge in [0.2, 0.25) is 12.0 Å². The molecule has 2 heterocycles. The highest BCUT2D eigenvalue weighted by Gasteiger charge is 2.56. The molecule has 2 amide bonds. The predicted molar refractivity (Wildman–Crippen MR) is 89.7 cm³/mol. The molecule has 4 rings (SSSR count). The van der Waals surface area contributed by atoms with Crippen LogP contribution in [0.25, 0.3) is 0 Å². The lowest BCUT2D eigenvalue weighted by Gasteiger charge is -2.20. The number of fused-ring (bicyclic) bond motifs is 1. The SMILES string of the molecule is Cc1cccc(C)c1N1C(=O)C2ON=C(c3ccc(F)cc3)C2C1=O. The Hall–Kier alpha value is -3.02. The lowest BCUT2D eigenvalue weighted by molar-refractivity contribution is -0.126. The van der Waals surface area contributed by atoms with Gasteiger partial charge in [0.05, 0.1) is 5.69 Å². The summed E-state index contributed by atoms with van der Waals surface area (Å²) in [6.07, 6.45) is -0.966. The highest BCUT2D eigenvalue weighted by atomic mass is 19.1. The van der Waals surface area contributed by atoms with E-state index >= 15 is 0 Å². The molecule has 2 atom stereocenters. The number of hydrogen-bond acceptors (Lipinski definition) is 4. The van der Waals surface area contributed by atoms with Crippen LogP contribution in [-0.2, 0) is 14.4 Å². The highest BCUT2D eigenvalue weighted by Crippen LogP contribution is 2.37. The first-order chi connectivity index (χ1) is 12.0. The van der Waals surface area contributed by atoms with Gasteiger partial charge in [-0.2, -0.15) is 0 Å². The van der Waals surface area contributed by atoms with Crippen molar-refractivity contribution < 1.29 is 18.8 Å². The Labute approximate surface area is 143 Å². The fourth-order valence-corrected chi connectivity index (χ4v) is 3.42. The lowest BCUT2D eigenvalue weighted by atomic mass is 9.94. The fourth-order valence-electron chi connectivity index (χ4n) is 3.42. The molecule has 0 saturated carbocycles. The van der Waals surface area contributed by atoms with Crippen molar-refractivity contribution in [1.29, 1.82) is 0 Å². The van der Waals surface area contributed by atoms with Crippen molar-refractivity contribution in [3.63, 3.8) is 0 Å². The number of para-hydroxylation sites is 1. The van der Waals surface area contributed by atoms with Gasteiger partial charge in [0.25, 0.3) is 5.91 Å². The molecule has 0 spiro atoms. The van der Waals surface area contributed by atoms with E-state index < -0.39 is 17.9 Å². The van der Waals surface area contributed by atoms with Gasteiger partial charge in [-0.1, -0.05) is 35.5 Å². The van der Waals surface area contributed by atoms with Crippen molar-refractivity contribution >= 4 is 23.2 Å². The van der Waals surface area contributed by atoms with E-state index in [4.69, 9.17) is 4.84 Å². The average Bonchev–Trinajstić information content (AvgIpc) is 3.11. The molecule has 2 aromatic rings. The number of carbonyl (C=O) groups excluding carboxylic acids is 2. The minimum Gasteiger partial charge on any atom is -0.381 e. The third-order valence-corrected chi connectivity index (χ3v) is 4.62. The third kappa shape index (κ3) is 2.25. The van der Waals surface area contributed by atoms with Crippen LogP contribution in [-0.4, -0.2) is 23.6 Å².